The van der Waals surface area contributed by atoms with Crippen molar-refractivity contribution in [2.24, 2.45) is 5.73 Å². The van der Waals surface area contributed by atoms with E-state index in [2.05, 4.69) is 9.05 Å². The molecule has 15 nitrogen and oxygen atoms in total. The smallest absolute Gasteiger partial charge is 0.348 e. The number of unbranched alkanes of at least 4 members (excludes halogenated alkanes) is 2. The van der Waals surface area contributed by atoms with Gasteiger partial charge >= 0.3 is 42.5 Å². The minimum Gasteiger partial charge on any atom is -0.348 e. The molecule has 0 heterocycles. The lowest BCUT2D eigenvalue weighted by Gasteiger charge is -2.11. The first kappa shape index (κ1) is 48.7. The maximum Gasteiger partial charge on any atom is 0.471 e. The summed E-state index contributed by atoms with van der Waals surface area (Å²) >= 11 is 0. The standard InChI is InChI=1S/C7H13F3NO4P.C6H15O3P.C4H11O3P.C3H10NO3P/c1-2-15-16(13,14)5-3-4-11-6(12)7(8,9)10;1-3-5-6-10(7,8)9-4-2;1-2-3-4-8(5,6)7;4-2-1-3-8(5,6)7/h2-5H2,1H3,(H,11,12)(H,13,14);3-6H2,1-2H3,(H,7,8);2-4H2,1H3,(H2,5,6,7);1-4H2,(H2,5,6,7). The van der Waals surface area contributed by atoms with E-state index in [0.717, 1.165) is 19.3 Å². The number of carbonyl (C=O) groups excluding carboxylic acids is 1. The predicted octanol–water partition coefficient (Wildman–Crippen LogP) is 3.76. The molecule has 0 aromatic carbocycles. The minimum absolute atomic E-state index is 0.0312. The Hall–Kier alpha value is -0.180. The first-order valence-electron chi connectivity index (χ1n) is 13.0. The van der Waals surface area contributed by atoms with Crippen molar-refractivity contribution in [1.29, 1.82) is 0 Å². The van der Waals surface area contributed by atoms with Gasteiger partial charge in [0, 0.05) is 18.9 Å². The summed E-state index contributed by atoms with van der Waals surface area (Å²) in [5, 5.41) is 1.59. The summed E-state index contributed by atoms with van der Waals surface area (Å²) in [6.45, 7) is 7.49. The van der Waals surface area contributed by atoms with Crippen LogP contribution in [0.15, 0.2) is 0 Å². The van der Waals surface area contributed by atoms with Gasteiger partial charge in [-0.2, -0.15) is 13.2 Å². The van der Waals surface area contributed by atoms with Crippen LogP contribution in [0.5, 0.6) is 0 Å². The lowest BCUT2D eigenvalue weighted by Crippen LogP contribution is -2.37. The van der Waals surface area contributed by atoms with Gasteiger partial charge < -0.3 is 49.5 Å². The average molecular weight is 707 g/mol. The quantitative estimate of drug-likeness (QED) is 0.0791. The molecule has 0 spiro atoms. The second-order valence-electron chi connectivity index (χ2n) is 8.29. The molecule has 0 bridgehead atoms. The largest absolute Gasteiger partial charge is 0.471 e. The maximum absolute atomic E-state index is 11.7. The number of rotatable bonds is 17. The molecule has 1 amide bonds. The van der Waals surface area contributed by atoms with Crippen LogP contribution in [0, 0.1) is 0 Å². The van der Waals surface area contributed by atoms with E-state index in [9.17, 15) is 36.2 Å². The van der Waals surface area contributed by atoms with Gasteiger partial charge in [-0.05, 0) is 46.1 Å². The fraction of sp³-hybridized carbons (Fsp3) is 0.950. The molecule has 22 heteroatoms. The number of nitrogens with one attached hydrogen (secondary N) is 1. The van der Waals surface area contributed by atoms with Gasteiger partial charge in [0.25, 0.3) is 0 Å². The molecule has 0 saturated carbocycles. The highest BCUT2D eigenvalue weighted by Crippen LogP contribution is 2.42. The number of hydrogen-bond acceptors (Lipinski definition) is 8. The first-order chi connectivity index (χ1) is 18.9. The topological polar surface area (TPSA) is 263 Å². The number of halogens is 3. The lowest BCUT2D eigenvalue weighted by atomic mass is 10.4. The Balaban J connectivity index is -0.000000241. The number of alkyl halides is 3. The third-order valence-electron chi connectivity index (χ3n) is 4.07. The summed E-state index contributed by atoms with van der Waals surface area (Å²) in [4.78, 5) is 61.3. The summed E-state index contributed by atoms with van der Waals surface area (Å²) in [6.07, 6.45) is -1.52. The molecule has 258 valence electrons. The van der Waals surface area contributed by atoms with Gasteiger partial charge in [0.05, 0.1) is 25.5 Å². The van der Waals surface area contributed by atoms with Gasteiger partial charge in [-0.15, -0.1) is 0 Å². The third kappa shape index (κ3) is 44.3. The first-order valence-corrected chi connectivity index (χ1v) is 20.1. The molecule has 9 N–H and O–H groups in total. The molecule has 2 unspecified atom stereocenters. The van der Waals surface area contributed by atoms with Crippen LogP contribution in [0.4, 0.5) is 13.2 Å². The second kappa shape index (κ2) is 26.1. The van der Waals surface area contributed by atoms with Crippen LogP contribution in [0.2, 0.25) is 0 Å². The highest BCUT2D eigenvalue weighted by molar-refractivity contribution is 7.53. The van der Waals surface area contributed by atoms with E-state index in [0.29, 0.717) is 26.0 Å². The van der Waals surface area contributed by atoms with E-state index in [1.54, 1.807) is 12.2 Å². The van der Waals surface area contributed by atoms with E-state index in [4.69, 9.17) is 35.1 Å². The fourth-order valence-electron chi connectivity index (χ4n) is 2.13. The van der Waals surface area contributed by atoms with Crippen LogP contribution in [0.25, 0.3) is 0 Å². The Morgan fingerprint density at radius 2 is 1.05 bits per heavy atom. The number of hydrogen-bond donors (Lipinski definition) is 8. The highest BCUT2D eigenvalue weighted by Gasteiger charge is 2.38. The van der Waals surface area contributed by atoms with Crippen LogP contribution >= 0.6 is 30.4 Å². The highest BCUT2D eigenvalue weighted by atomic mass is 31.2. The van der Waals surface area contributed by atoms with Crippen molar-refractivity contribution in [1.82, 2.24) is 5.32 Å². The summed E-state index contributed by atoms with van der Waals surface area (Å²) in [6, 6.07) is 0. The molecule has 2 atom stereocenters. The molecule has 0 saturated heterocycles. The molecular weight excluding hydrogens is 657 g/mol. The number of nitrogens with two attached hydrogens (primary N) is 1. The Morgan fingerprint density at radius 1 is 0.690 bits per heavy atom. The van der Waals surface area contributed by atoms with E-state index in [1.807, 2.05) is 13.8 Å². The zero-order valence-corrected chi connectivity index (χ0v) is 28.0. The van der Waals surface area contributed by atoms with Gasteiger partial charge in [-0.1, -0.05) is 26.7 Å². The SMILES string of the molecule is CCCCP(=O)(O)O.CCCCP(=O)(O)OCC.CCOP(=O)(O)CCCNC(=O)C(F)(F)F.NCCCP(=O)(O)O. The third-order valence-corrected chi connectivity index (χ3v) is 8.96. The van der Waals surface area contributed by atoms with Crippen molar-refractivity contribution in [3.05, 3.63) is 0 Å². The van der Waals surface area contributed by atoms with Crippen molar-refractivity contribution >= 4 is 36.3 Å². The van der Waals surface area contributed by atoms with Crippen molar-refractivity contribution in [2.75, 3.05) is 51.0 Å². The van der Waals surface area contributed by atoms with Crippen LogP contribution < -0.4 is 11.1 Å². The minimum atomic E-state index is -4.93. The number of carbonyl (C=O) groups is 1. The van der Waals surface area contributed by atoms with Gasteiger partial charge in [0.2, 0.25) is 0 Å². The molecule has 0 rings (SSSR count). The maximum atomic E-state index is 11.7. The molecular formula is C20H49F3N2O13P4. The Labute approximate surface area is 245 Å². The van der Waals surface area contributed by atoms with Crippen molar-refractivity contribution < 1.29 is 74.6 Å². The zero-order chi connectivity index (χ0) is 34.1. The van der Waals surface area contributed by atoms with Crippen LogP contribution in [-0.2, 0) is 32.1 Å². The molecule has 0 radical (unpaired) electrons. The fourth-order valence-corrected chi connectivity index (χ4v) is 5.79. The van der Waals surface area contributed by atoms with Crippen molar-refractivity contribution in [2.45, 2.75) is 72.4 Å². The van der Waals surface area contributed by atoms with Crippen LogP contribution in [0.1, 0.15) is 66.2 Å². The number of amides is 1. The summed E-state index contributed by atoms with van der Waals surface area (Å²) in [5.41, 5.74) is 4.99. The monoisotopic (exact) mass is 706 g/mol. The average Bonchev–Trinajstić information content (AvgIpc) is 2.82. The van der Waals surface area contributed by atoms with Gasteiger partial charge in [-0.25, -0.2) is 0 Å². The molecule has 0 aliphatic rings. The predicted molar refractivity (Wildman–Crippen MR) is 154 cm³/mol. The molecule has 0 fully saturated rings. The van der Waals surface area contributed by atoms with Gasteiger partial charge in [0.1, 0.15) is 0 Å². The van der Waals surface area contributed by atoms with Crippen LogP contribution in [0.3, 0.4) is 0 Å². The van der Waals surface area contributed by atoms with E-state index < -0.39 is 42.5 Å². The zero-order valence-electron chi connectivity index (χ0n) is 24.4. The van der Waals surface area contributed by atoms with E-state index in [1.165, 1.54) is 6.92 Å². The summed E-state index contributed by atoms with van der Waals surface area (Å²) in [5.74, 6) is -2.06. The summed E-state index contributed by atoms with van der Waals surface area (Å²) < 4.78 is 86.3. The van der Waals surface area contributed by atoms with E-state index in [-0.39, 0.29) is 44.2 Å². The molecule has 42 heavy (non-hydrogen) atoms. The van der Waals surface area contributed by atoms with Gasteiger partial charge in [-0.3, -0.25) is 23.1 Å². The molecule has 0 aromatic rings. The Kier molecular flexibility index (Phi) is 30.2. The molecule has 0 aliphatic carbocycles. The van der Waals surface area contributed by atoms with Crippen LogP contribution in [-0.4, -0.2) is 92.4 Å². The Bertz CT molecular complexity index is 845. The van der Waals surface area contributed by atoms with Crippen molar-refractivity contribution in [3.63, 3.8) is 0 Å². The lowest BCUT2D eigenvalue weighted by molar-refractivity contribution is -0.173. The van der Waals surface area contributed by atoms with E-state index >= 15 is 0 Å². The molecule has 0 aromatic heterocycles. The normalized spacial score (nSPS) is 14.4. The summed E-state index contributed by atoms with van der Waals surface area (Å²) in [7, 11) is -14.4. The second-order valence-corrected chi connectivity index (χ2v) is 15.8. The van der Waals surface area contributed by atoms with Crippen molar-refractivity contribution in [3.8, 4) is 0 Å². The Morgan fingerprint density at radius 3 is 1.31 bits per heavy atom. The van der Waals surface area contributed by atoms with Gasteiger partial charge in [0.15, 0.2) is 0 Å². The molecule has 0 aliphatic heterocycles.